The lowest BCUT2D eigenvalue weighted by molar-refractivity contribution is -0.137. The van der Waals surface area contributed by atoms with Crippen molar-refractivity contribution in [2.24, 2.45) is 0 Å². The molecule has 0 rings (SSSR count). The number of carboxylic acids is 1. The van der Waals surface area contributed by atoms with Crippen molar-refractivity contribution < 1.29 is 18.3 Å². The number of carboxylic acid groups (broad SMARTS) is 1. The zero-order valence-corrected chi connectivity index (χ0v) is 11.2. The van der Waals surface area contributed by atoms with E-state index in [4.69, 9.17) is 5.11 Å². The van der Waals surface area contributed by atoms with Gasteiger partial charge in [0.05, 0.1) is 5.75 Å². The van der Waals surface area contributed by atoms with Crippen LogP contribution in [0.2, 0.25) is 0 Å². The summed E-state index contributed by atoms with van der Waals surface area (Å²) in [4.78, 5) is 10.2. The third-order valence-electron chi connectivity index (χ3n) is 2.03. The Hall–Kier alpha value is -0.660. The van der Waals surface area contributed by atoms with E-state index in [1.54, 1.807) is 0 Å². The fourth-order valence-electron chi connectivity index (χ4n) is 1.19. The summed E-state index contributed by atoms with van der Waals surface area (Å²) >= 11 is 0. The largest absolute Gasteiger partial charge is 0.481 e. The Bertz CT molecular complexity index is 314. The van der Waals surface area contributed by atoms with Crippen LogP contribution in [0.4, 0.5) is 0 Å². The second kappa shape index (κ2) is 8.43. The molecular formula is C10H22N2O4S. The predicted molar refractivity (Wildman–Crippen MR) is 66.4 cm³/mol. The third-order valence-corrected chi connectivity index (χ3v) is 3.50. The lowest BCUT2D eigenvalue weighted by Gasteiger charge is -2.08. The zero-order valence-electron chi connectivity index (χ0n) is 10.4. The smallest absolute Gasteiger partial charge is 0.303 e. The van der Waals surface area contributed by atoms with E-state index < -0.39 is 16.0 Å². The van der Waals surface area contributed by atoms with Gasteiger partial charge in [-0.05, 0) is 19.4 Å². The van der Waals surface area contributed by atoms with Gasteiger partial charge >= 0.3 is 5.97 Å². The van der Waals surface area contributed by atoms with Gasteiger partial charge in [0, 0.05) is 19.0 Å². The number of nitrogens with one attached hydrogen (secondary N) is 2. The van der Waals surface area contributed by atoms with Gasteiger partial charge in [0.2, 0.25) is 10.0 Å². The first-order valence-electron chi connectivity index (χ1n) is 5.76. The average molecular weight is 266 g/mol. The molecule has 0 fully saturated rings. The minimum atomic E-state index is -3.32. The molecule has 0 aromatic heterocycles. The van der Waals surface area contributed by atoms with E-state index >= 15 is 0 Å². The van der Waals surface area contributed by atoms with Crippen LogP contribution in [0.25, 0.3) is 0 Å². The van der Waals surface area contributed by atoms with Gasteiger partial charge in [0.15, 0.2) is 0 Å². The van der Waals surface area contributed by atoms with Gasteiger partial charge in [-0.25, -0.2) is 13.1 Å². The van der Waals surface area contributed by atoms with Gasteiger partial charge in [-0.1, -0.05) is 13.8 Å². The van der Waals surface area contributed by atoms with Crippen LogP contribution in [0, 0.1) is 0 Å². The number of hydrogen-bond acceptors (Lipinski definition) is 4. The summed E-state index contributed by atoms with van der Waals surface area (Å²) in [6.07, 6.45) is 0.751. The van der Waals surface area contributed by atoms with Gasteiger partial charge < -0.3 is 10.4 Å². The first-order valence-corrected chi connectivity index (χ1v) is 7.41. The highest BCUT2D eigenvalue weighted by atomic mass is 32.2. The molecule has 0 spiro atoms. The first kappa shape index (κ1) is 16.3. The summed E-state index contributed by atoms with van der Waals surface area (Å²) in [5.41, 5.74) is 0. The van der Waals surface area contributed by atoms with Crippen LogP contribution in [0.5, 0.6) is 0 Å². The van der Waals surface area contributed by atoms with E-state index in [0.29, 0.717) is 12.6 Å². The van der Waals surface area contributed by atoms with Crippen LogP contribution >= 0.6 is 0 Å². The number of hydrogen-bond donors (Lipinski definition) is 3. The molecule has 0 aliphatic carbocycles. The van der Waals surface area contributed by atoms with Crippen molar-refractivity contribution in [1.29, 1.82) is 0 Å². The van der Waals surface area contributed by atoms with Crippen LogP contribution < -0.4 is 10.0 Å². The Labute approximate surface area is 103 Å². The maximum absolute atomic E-state index is 11.4. The van der Waals surface area contributed by atoms with Crippen molar-refractivity contribution >= 4 is 16.0 Å². The molecule has 0 heterocycles. The molecule has 6 nitrogen and oxygen atoms in total. The maximum atomic E-state index is 11.4. The Morgan fingerprint density at radius 3 is 2.41 bits per heavy atom. The van der Waals surface area contributed by atoms with E-state index in [9.17, 15) is 13.2 Å². The van der Waals surface area contributed by atoms with Crippen LogP contribution in [-0.2, 0) is 14.8 Å². The summed E-state index contributed by atoms with van der Waals surface area (Å²) in [5, 5.41) is 11.6. The number of carbonyl (C=O) groups is 1. The molecule has 0 amide bonds. The Morgan fingerprint density at radius 1 is 1.24 bits per heavy atom. The molecule has 0 aromatic rings. The monoisotopic (exact) mass is 266 g/mol. The van der Waals surface area contributed by atoms with E-state index in [0.717, 1.165) is 13.0 Å². The minimum Gasteiger partial charge on any atom is -0.481 e. The van der Waals surface area contributed by atoms with Gasteiger partial charge in [-0.2, -0.15) is 0 Å². The standard InChI is InChI=1S/C10H22N2O4S/c1-9(2)11-6-4-7-12-17(15,16)8-3-5-10(13)14/h9,11-12H,3-8H2,1-2H3,(H,13,14). The van der Waals surface area contributed by atoms with Crippen molar-refractivity contribution in [3.63, 3.8) is 0 Å². The fourth-order valence-corrected chi connectivity index (χ4v) is 2.32. The summed E-state index contributed by atoms with van der Waals surface area (Å²) in [6.45, 7) is 5.19. The molecule has 0 radical (unpaired) electrons. The molecular weight excluding hydrogens is 244 g/mol. The van der Waals surface area contributed by atoms with Crippen LogP contribution in [0.15, 0.2) is 0 Å². The zero-order chi connectivity index (χ0) is 13.3. The molecule has 17 heavy (non-hydrogen) atoms. The van der Waals surface area contributed by atoms with Crippen molar-refractivity contribution in [2.75, 3.05) is 18.8 Å². The van der Waals surface area contributed by atoms with E-state index in [1.807, 2.05) is 13.8 Å². The summed E-state index contributed by atoms with van der Waals surface area (Å²) < 4.78 is 25.2. The van der Waals surface area contributed by atoms with Crippen LogP contribution in [0.1, 0.15) is 33.1 Å². The molecule has 7 heteroatoms. The van der Waals surface area contributed by atoms with E-state index in [-0.39, 0.29) is 18.6 Å². The summed E-state index contributed by atoms with van der Waals surface area (Å²) in [6, 6.07) is 0.391. The van der Waals surface area contributed by atoms with Gasteiger partial charge in [0.25, 0.3) is 0 Å². The second-order valence-electron chi connectivity index (χ2n) is 4.17. The van der Waals surface area contributed by atoms with Crippen molar-refractivity contribution in [3.05, 3.63) is 0 Å². The van der Waals surface area contributed by atoms with Crippen molar-refractivity contribution in [1.82, 2.24) is 10.0 Å². The van der Waals surface area contributed by atoms with Gasteiger partial charge in [0.1, 0.15) is 0 Å². The van der Waals surface area contributed by atoms with E-state index in [2.05, 4.69) is 10.0 Å². The average Bonchev–Trinajstić information content (AvgIpc) is 2.15. The van der Waals surface area contributed by atoms with Crippen LogP contribution in [-0.4, -0.2) is 44.4 Å². The maximum Gasteiger partial charge on any atom is 0.303 e. The highest BCUT2D eigenvalue weighted by Gasteiger charge is 2.10. The lowest BCUT2D eigenvalue weighted by Crippen LogP contribution is -2.31. The minimum absolute atomic E-state index is 0.115. The SMILES string of the molecule is CC(C)NCCCNS(=O)(=O)CCCC(=O)O. The molecule has 0 aliphatic heterocycles. The van der Waals surface area contributed by atoms with E-state index in [1.165, 1.54) is 0 Å². The number of aliphatic carboxylic acids is 1. The molecule has 0 saturated heterocycles. The Morgan fingerprint density at radius 2 is 1.88 bits per heavy atom. The molecule has 0 aliphatic rings. The molecule has 0 bridgehead atoms. The number of rotatable bonds is 10. The summed E-state index contributed by atoms with van der Waals surface area (Å²) in [7, 11) is -3.32. The molecule has 0 unspecified atom stereocenters. The van der Waals surface area contributed by atoms with Crippen molar-refractivity contribution in [2.45, 2.75) is 39.2 Å². The topological polar surface area (TPSA) is 95.5 Å². The van der Waals surface area contributed by atoms with Crippen molar-refractivity contribution in [3.8, 4) is 0 Å². The highest BCUT2D eigenvalue weighted by Crippen LogP contribution is 1.94. The quantitative estimate of drug-likeness (QED) is 0.489. The second-order valence-corrected chi connectivity index (χ2v) is 6.10. The molecule has 102 valence electrons. The molecule has 0 saturated carbocycles. The highest BCUT2D eigenvalue weighted by molar-refractivity contribution is 7.89. The summed E-state index contributed by atoms with van der Waals surface area (Å²) in [5.74, 6) is -1.10. The molecule has 0 atom stereocenters. The lowest BCUT2D eigenvalue weighted by atomic mass is 10.3. The van der Waals surface area contributed by atoms with Gasteiger partial charge in [-0.15, -0.1) is 0 Å². The molecule has 0 aromatic carbocycles. The number of sulfonamides is 1. The normalized spacial score (nSPS) is 11.9. The Kier molecular flexibility index (Phi) is 8.11. The van der Waals surface area contributed by atoms with Gasteiger partial charge in [-0.3, -0.25) is 4.79 Å². The molecule has 3 N–H and O–H groups in total. The third kappa shape index (κ3) is 11.6. The van der Waals surface area contributed by atoms with Crippen LogP contribution in [0.3, 0.4) is 0 Å². The first-order chi connectivity index (χ1) is 7.83. The predicted octanol–water partition coefficient (Wildman–Crippen LogP) is 0.159. The Balaban J connectivity index is 3.61. The fraction of sp³-hybridized carbons (Fsp3) is 0.900.